The molecule has 0 spiro atoms. The first-order valence-corrected chi connectivity index (χ1v) is 13.2. The smallest absolute Gasteiger partial charge is 0.219 e. The lowest BCUT2D eigenvalue weighted by Crippen LogP contribution is -2.28. The second-order valence-corrected chi connectivity index (χ2v) is 9.06. The van der Waals surface area contributed by atoms with Crippen molar-refractivity contribution in [1.29, 1.82) is 0 Å². The summed E-state index contributed by atoms with van der Waals surface area (Å²) in [5.41, 5.74) is 4.76. The van der Waals surface area contributed by atoms with Crippen LogP contribution in [0.5, 0.6) is 11.6 Å². The molecule has 10 heteroatoms. The van der Waals surface area contributed by atoms with Gasteiger partial charge in [0, 0.05) is 37.2 Å². The maximum atomic E-state index is 13.9. The summed E-state index contributed by atoms with van der Waals surface area (Å²) < 4.78 is 22.8. The SMILES string of the molecule is C=C1/C=C(/C(=O)C/C=N\N(CNC)c2cnc(Oc3ccccc3F)cc2C)NC/C=C(NSC)\C(C)=C/1. The van der Waals surface area contributed by atoms with E-state index in [0.29, 0.717) is 18.9 Å². The van der Waals surface area contributed by atoms with Crippen molar-refractivity contribution in [1.82, 2.24) is 20.3 Å². The van der Waals surface area contributed by atoms with Crippen molar-refractivity contribution in [2.75, 3.05) is 31.5 Å². The number of allylic oxidation sites excluding steroid dienone is 5. The predicted molar refractivity (Wildman–Crippen MR) is 154 cm³/mol. The third-order valence-electron chi connectivity index (χ3n) is 5.46. The van der Waals surface area contributed by atoms with Crippen LogP contribution >= 0.6 is 11.9 Å². The molecule has 2 heterocycles. The summed E-state index contributed by atoms with van der Waals surface area (Å²) in [6.45, 7) is 8.83. The number of halogens is 1. The first-order chi connectivity index (χ1) is 18.3. The number of hydrogen-bond donors (Lipinski definition) is 3. The highest BCUT2D eigenvalue weighted by Gasteiger charge is 2.13. The highest BCUT2D eigenvalue weighted by atomic mass is 32.2. The van der Waals surface area contributed by atoms with E-state index in [1.165, 1.54) is 18.0 Å². The number of hydrogen-bond acceptors (Lipinski definition) is 9. The Labute approximate surface area is 227 Å². The number of aromatic nitrogens is 1. The van der Waals surface area contributed by atoms with E-state index in [9.17, 15) is 9.18 Å². The number of aryl methyl sites for hydroxylation is 1. The zero-order chi connectivity index (χ0) is 27.5. The summed E-state index contributed by atoms with van der Waals surface area (Å²) in [5, 5.41) is 12.5. The molecule has 1 aliphatic rings. The number of ether oxygens (including phenoxy) is 1. The van der Waals surface area contributed by atoms with Gasteiger partial charge in [-0.05, 0) is 61.9 Å². The number of nitrogens with one attached hydrogen (secondary N) is 3. The van der Waals surface area contributed by atoms with Gasteiger partial charge in [-0.2, -0.15) is 5.10 Å². The topological polar surface area (TPSA) is 90.9 Å². The van der Waals surface area contributed by atoms with E-state index in [0.717, 1.165) is 28.1 Å². The summed E-state index contributed by atoms with van der Waals surface area (Å²) in [4.78, 5) is 17.3. The maximum Gasteiger partial charge on any atom is 0.219 e. The van der Waals surface area contributed by atoms with Crippen molar-refractivity contribution in [3.63, 3.8) is 0 Å². The number of benzene rings is 1. The number of carbonyl (C=O) groups excluding carboxylic acids is 1. The molecule has 0 unspecified atom stereocenters. The molecule has 1 aromatic heterocycles. The molecule has 200 valence electrons. The number of nitrogens with zero attached hydrogens (tertiary/aromatic N) is 3. The van der Waals surface area contributed by atoms with Gasteiger partial charge in [-0.1, -0.05) is 36.7 Å². The number of hydrazone groups is 1. The molecule has 0 saturated carbocycles. The molecule has 1 aliphatic heterocycles. The van der Waals surface area contributed by atoms with Gasteiger partial charge in [0.15, 0.2) is 17.3 Å². The molecule has 38 heavy (non-hydrogen) atoms. The number of ketones is 1. The Morgan fingerprint density at radius 3 is 2.84 bits per heavy atom. The van der Waals surface area contributed by atoms with Crippen molar-refractivity contribution < 1.29 is 13.9 Å². The highest BCUT2D eigenvalue weighted by Crippen LogP contribution is 2.27. The van der Waals surface area contributed by atoms with Crippen LogP contribution in [0.4, 0.5) is 10.1 Å². The van der Waals surface area contributed by atoms with Crippen LogP contribution in [0.15, 0.2) is 89.0 Å². The molecule has 0 aliphatic carbocycles. The second-order valence-electron chi connectivity index (χ2n) is 8.44. The van der Waals surface area contributed by atoms with Gasteiger partial charge in [0.2, 0.25) is 5.88 Å². The quantitative estimate of drug-likeness (QED) is 0.160. The first-order valence-electron chi connectivity index (χ1n) is 12.0. The summed E-state index contributed by atoms with van der Waals surface area (Å²) in [5.74, 6) is -0.199. The molecule has 3 rings (SSSR count). The average Bonchev–Trinajstić information content (AvgIpc) is 2.94. The van der Waals surface area contributed by atoms with Crippen LogP contribution in [-0.4, -0.2) is 43.5 Å². The van der Waals surface area contributed by atoms with Crippen LogP contribution in [0.25, 0.3) is 0 Å². The van der Waals surface area contributed by atoms with Crippen molar-refractivity contribution in [3.8, 4) is 11.6 Å². The first kappa shape index (κ1) is 28.7. The van der Waals surface area contributed by atoms with E-state index in [4.69, 9.17) is 4.74 Å². The van der Waals surface area contributed by atoms with Crippen LogP contribution in [0.3, 0.4) is 0 Å². The summed E-state index contributed by atoms with van der Waals surface area (Å²) in [6.07, 6.45) is 10.9. The minimum absolute atomic E-state index is 0.0929. The average molecular weight is 537 g/mol. The van der Waals surface area contributed by atoms with Gasteiger partial charge in [-0.25, -0.2) is 14.4 Å². The largest absolute Gasteiger partial charge is 0.436 e. The van der Waals surface area contributed by atoms with Crippen molar-refractivity contribution in [2.45, 2.75) is 20.3 Å². The Balaban J connectivity index is 1.70. The number of pyridine rings is 1. The molecule has 0 atom stereocenters. The van der Waals surface area contributed by atoms with E-state index in [1.807, 2.05) is 32.3 Å². The minimum Gasteiger partial charge on any atom is -0.436 e. The van der Waals surface area contributed by atoms with Gasteiger partial charge in [0.05, 0.1) is 24.2 Å². The minimum atomic E-state index is -0.463. The molecule has 0 bridgehead atoms. The van der Waals surface area contributed by atoms with E-state index in [2.05, 4.69) is 32.0 Å². The normalized spacial score (nSPS) is 18.0. The van der Waals surface area contributed by atoms with E-state index in [-0.39, 0.29) is 23.8 Å². The fourth-order valence-corrected chi connectivity index (χ4v) is 4.09. The van der Waals surface area contributed by atoms with Crippen LogP contribution < -0.4 is 25.1 Å². The Bertz CT molecular complexity index is 1290. The van der Waals surface area contributed by atoms with Crippen molar-refractivity contribution >= 4 is 29.6 Å². The lowest BCUT2D eigenvalue weighted by atomic mass is 10.1. The highest BCUT2D eigenvalue weighted by molar-refractivity contribution is 7.96. The van der Waals surface area contributed by atoms with Crippen molar-refractivity contribution in [3.05, 3.63) is 95.3 Å². The molecular weight excluding hydrogens is 503 g/mol. The molecule has 0 saturated heterocycles. The molecule has 0 amide bonds. The number of para-hydroxylation sites is 1. The van der Waals surface area contributed by atoms with Gasteiger partial charge < -0.3 is 20.1 Å². The zero-order valence-corrected chi connectivity index (χ0v) is 22.9. The van der Waals surface area contributed by atoms with Gasteiger partial charge in [-0.3, -0.25) is 4.79 Å². The van der Waals surface area contributed by atoms with Crippen LogP contribution in [-0.2, 0) is 4.79 Å². The Morgan fingerprint density at radius 1 is 1.34 bits per heavy atom. The molecule has 3 N–H and O–H groups in total. The van der Waals surface area contributed by atoms with E-state index < -0.39 is 5.82 Å². The number of anilines is 1. The molecule has 2 aromatic rings. The van der Waals surface area contributed by atoms with Crippen molar-refractivity contribution in [2.24, 2.45) is 5.10 Å². The second kappa shape index (κ2) is 14.2. The fourth-order valence-electron chi connectivity index (χ4n) is 3.63. The molecular formula is C28H33FN6O2S. The Hall–Kier alpha value is -3.89. The monoisotopic (exact) mass is 536 g/mol. The van der Waals surface area contributed by atoms with E-state index in [1.54, 1.807) is 54.8 Å². The fraction of sp³-hybridized carbons (Fsp3) is 0.250. The number of carbonyl (C=O) groups is 1. The lowest BCUT2D eigenvalue weighted by molar-refractivity contribution is -0.114. The predicted octanol–water partition coefficient (Wildman–Crippen LogP) is 4.99. The third-order valence-corrected chi connectivity index (χ3v) is 5.88. The number of Topliss-reactive ketones (excluding diaryl/α,β-unsaturated/α-hetero) is 1. The maximum absolute atomic E-state index is 13.9. The van der Waals surface area contributed by atoms with Gasteiger partial charge in [0.25, 0.3) is 0 Å². The Kier molecular flexibility index (Phi) is 10.7. The summed E-state index contributed by atoms with van der Waals surface area (Å²) >= 11 is 1.51. The van der Waals surface area contributed by atoms with Crippen LogP contribution in [0, 0.1) is 12.7 Å². The van der Waals surface area contributed by atoms with Crippen LogP contribution in [0.2, 0.25) is 0 Å². The molecule has 0 fully saturated rings. The lowest BCUT2D eigenvalue weighted by Gasteiger charge is -2.20. The number of rotatable bonds is 11. The molecule has 0 radical (unpaired) electrons. The van der Waals surface area contributed by atoms with Gasteiger partial charge in [0.1, 0.15) is 0 Å². The summed E-state index contributed by atoms with van der Waals surface area (Å²) in [6, 6.07) is 7.87. The summed E-state index contributed by atoms with van der Waals surface area (Å²) in [7, 11) is 1.80. The standard InChI is InChI=1S/C28H33FN6O2S/c1-19-14-20(2)23(34-38-5)10-12-31-24(15-19)26(36)11-13-33-35(18-30-4)25-17-32-28(16-21(25)3)37-27-9-7-6-8-22(27)29/h6-10,13-17,30-31,34H,1,11-12,18H2,2-5H3/b20-14-,23-10+,24-15-,33-13-. The molecule has 1 aromatic carbocycles. The Morgan fingerprint density at radius 2 is 2.13 bits per heavy atom. The molecule has 8 nitrogen and oxygen atoms in total. The van der Waals surface area contributed by atoms with Gasteiger partial charge in [-0.15, -0.1) is 0 Å². The van der Waals surface area contributed by atoms with E-state index >= 15 is 0 Å². The zero-order valence-electron chi connectivity index (χ0n) is 22.0. The van der Waals surface area contributed by atoms with Crippen LogP contribution in [0.1, 0.15) is 18.9 Å². The third kappa shape index (κ3) is 8.06. The van der Waals surface area contributed by atoms with Gasteiger partial charge >= 0.3 is 0 Å².